The normalized spacial score (nSPS) is 28.3. The van der Waals surface area contributed by atoms with Gasteiger partial charge in [-0.05, 0) is 25.2 Å². The predicted octanol–water partition coefficient (Wildman–Crippen LogP) is 0.679. The van der Waals surface area contributed by atoms with Gasteiger partial charge in [0.15, 0.2) is 0 Å². The lowest BCUT2D eigenvalue weighted by molar-refractivity contribution is -0.143. The van der Waals surface area contributed by atoms with E-state index in [9.17, 15) is 9.59 Å². The molecule has 5 nitrogen and oxygen atoms in total. The lowest BCUT2D eigenvalue weighted by Gasteiger charge is -2.27. The van der Waals surface area contributed by atoms with Gasteiger partial charge in [0.1, 0.15) is 6.04 Å². The smallest absolute Gasteiger partial charge is 0.320 e. The molecule has 1 rings (SSSR count). The molecule has 0 aliphatic heterocycles. The number of carboxylic acids is 2. The highest BCUT2D eigenvalue weighted by Gasteiger charge is 2.29. The molecule has 0 radical (unpaired) electrons. The minimum Gasteiger partial charge on any atom is -0.481 e. The summed E-state index contributed by atoms with van der Waals surface area (Å²) in [7, 11) is 0. The van der Waals surface area contributed by atoms with E-state index in [4.69, 9.17) is 15.9 Å². The standard InChI is InChI=1S/C10H17NO4/c11-8(10(14)15)5-6-2-1-3-7(4-6)9(12)13/h6-8H,1-5,11H2,(H,12,13)(H,14,15). The van der Waals surface area contributed by atoms with E-state index in [1.165, 1.54) is 0 Å². The third kappa shape index (κ3) is 3.51. The van der Waals surface area contributed by atoms with E-state index in [2.05, 4.69) is 0 Å². The Balaban J connectivity index is 2.43. The lowest BCUT2D eigenvalue weighted by atomic mass is 9.78. The first-order valence-electron chi connectivity index (χ1n) is 5.22. The molecule has 0 heterocycles. The quantitative estimate of drug-likeness (QED) is 0.640. The van der Waals surface area contributed by atoms with Crippen molar-refractivity contribution in [2.75, 3.05) is 0 Å². The molecule has 0 bridgehead atoms. The second kappa shape index (κ2) is 5.11. The lowest BCUT2D eigenvalue weighted by Crippen LogP contribution is -2.34. The van der Waals surface area contributed by atoms with Gasteiger partial charge in [0, 0.05) is 0 Å². The maximum atomic E-state index is 10.8. The zero-order valence-corrected chi connectivity index (χ0v) is 8.56. The zero-order valence-electron chi connectivity index (χ0n) is 8.56. The summed E-state index contributed by atoms with van der Waals surface area (Å²) in [5, 5.41) is 17.5. The Hall–Kier alpha value is -1.10. The van der Waals surface area contributed by atoms with E-state index >= 15 is 0 Å². The van der Waals surface area contributed by atoms with Crippen LogP contribution in [0.5, 0.6) is 0 Å². The highest BCUT2D eigenvalue weighted by atomic mass is 16.4. The van der Waals surface area contributed by atoms with Crippen LogP contribution in [0.4, 0.5) is 0 Å². The fourth-order valence-electron chi connectivity index (χ4n) is 2.19. The van der Waals surface area contributed by atoms with Crippen molar-refractivity contribution in [2.45, 2.75) is 38.1 Å². The van der Waals surface area contributed by atoms with E-state index in [-0.39, 0.29) is 11.8 Å². The van der Waals surface area contributed by atoms with Crippen LogP contribution in [0.25, 0.3) is 0 Å². The molecule has 0 spiro atoms. The summed E-state index contributed by atoms with van der Waals surface area (Å²) in [6.07, 6.45) is 3.41. The second-order valence-corrected chi connectivity index (χ2v) is 4.25. The van der Waals surface area contributed by atoms with E-state index in [1.807, 2.05) is 0 Å². The molecule has 4 N–H and O–H groups in total. The average molecular weight is 215 g/mol. The van der Waals surface area contributed by atoms with E-state index in [0.29, 0.717) is 19.3 Å². The predicted molar refractivity (Wildman–Crippen MR) is 53.3 cm³/mol. The van der Waals surface area contributed by atoms with Gasteiger partial charge in [0.25, 0.3) is 0 Å². The zero-order chi connectivity index (χ0) is 11.4. The van der Waals surface area contributed by atoms with Crippen LogP contribution in [0.1, 0.15) is 32.1 Å². The van der Waals surface area contributed by atoms with Crippen molar-refractivity contribution in [3.8, 4) is 0 Å². The van der Waals surface area contributed by atoms with Crippen molar-refractivity contribution in [3.63, 3.8) is 0 Å². The molecule has 0 aromatic heterocycles. The molecule has 0 aromatic rings. The van der Waals surface area contributed by atoms with Gasteiger partial charge in [-0.1, -0.05) is 12.8 Å². The fraction of sp³-hybridized carbons (Fsp3) is 0.800. The molecule has 0 saturated heterocycles. The Bertz CT molecular complexity index is 252. The summed E-state index contributed by atoms with van der Waals surface area (Å²) in [5.41, 5.74) is 5.42. The summed E-state index contributed by atoms with van der Waals surface area (Å²) >= 11 is 0. The number of carbonyl (C=O) groups is 2. The monoisotopic (exact) mass is 215 g/mol. The summed E-state index contributed by atoms with van der Waals surface area (Å²) in [6, 6.07) is -0.859. The molecule has 15 heavy (non-hydrogen) atoms. The third-order valence-corrected chi connectivity index (χ3v) is 3.04. The van der Waals surface area contributed by atoms with Gasteiger partial charge < -0.3 is 15.9 Å². The molecule has 0 aromatic carbocycles. The fourth-order valence-corrected chi connectivity index (χ4v) is 2.19. The molecular formula is C10H17NO4. The molecule has 1 fully saturated rings. The third-order valence-electron chi connectivity index (χ3n) is 3.04. The van der Waals surface area contributed by atoms with Crippen molar-refractivity contribution in [1.29, 1.82) is 0 Å². The Morgan fingerprint density at radius 1 is 1.33 bits per heavy atom. The maximum Gasteiger partial charge on any atom is 0.320 e. The highest BCUT2D eigenvalue weighted by Crippen LogP contribution is 2.31. The Kier molecular flexibility index (Phi) is 4.08. The largest absolute Gasteiger partial charge is 0.481 e. The van der Waals surface area contributed by atoms with E-state index < -0.39 is 18.0 Å². The summed E-state index contributed by atoms with van der Waals surface area (Å²) in [4.78, 5) is 21.3. The Morgan fingerprint density at radius 2 is 2.00 bits per heavy atom. The van der Waals surface area contributed by atoms with Gasteiger partial charge >= 0.3 is 11.9 Å². The second-order valence-electron chi connectivity index (χ2n) is 4.25. The first kappa shape index (κ1) is 12.0. The van der Waals surface area contributed by atoms with Crippen molar-refractivity contribution in [3.05, 3.63) is 0 Å². The SMILES string of the molecule is NC(CC1CCCC(C(=O)O)C1)C(=O)O. The van der Waals surface area contributed by atoms with Gasteiger partial charge in [-0.2, -0.15) is 0 Å². The molecule has 3 unspecified atom stereocenters. The van der Waals surface area contributed by atoms with E-state index in [1.54, 1.807) is 0 Å². The number of hydrogen-bond acceptors (Lipinski definition) is 3. The molecule has 3 atom stereocenters. The molecule has 5 heteroatoms. The van der Waals surface area contributed by atoms with Gasteiger partial charge in [-0.25, -0.2) is 0 Å². The molecule has 1 aliphatic rings. The van der Waals surface area contributed by atoms with Crippen LogP contribution >= 0.6 is 0 Å². The summed E-state index contributed by atoms with van der Waals surface area (Å²) in [6.45, 7) is 0. The Morgan fingerprint density at radius 3 is 2.53 bits per heavy atom. The number of nitrogens with two attached hydrogens (primary N) is 1. The molecular weight excluding hydrogens is 198 g/mol. The van der Waals surface area contributed by atoms with Crippen molar-refractivity contribution >= 4 is 11.9 Å². The Labute approximate surface area is 88.3 Å². The van der Waals surface area contributed by atoms with Crippen LogP contribution in [0, 0.1) is 11.8 Å². The van der Waals surface area contributed by atoms with Crippen LogP contribution < -0.4 is 5.73 Å². The van der Waals surface area contributed by atoms with Gasteiger partial charge in [-0.3, -0.25) is 9.59 Å². The van der Waals surface area contributed by atoms with Gasteiger partial charge in [0.2, 0.25) is 0 Å². The van der Waals surface area contributed by atoms with Crippen molar-refractivity contribution in [2.24, 2.45) is 17.6 Å². The van der Waals surface area contributed by atoms with Gasteiger partial charge in [0.05, 0.1) is 5.92 Å². The summed E-state index contributed by atoms with van der Waals surface area (Å²) < 4.78 is 0. The number of hydrogen-bond donors (Lipinski definition) is 3. The number of rotatable bonds is 4. The van der Waals surface area contributed by atoms with Crippen LogP contribution in [0.2, 0.25) is 0 Å². The highest BCUT2D eigenvalue weighted by molar-refractivity contribution is 5.73. The molecule has 1 aliphatic carbocycles. The average Bonchev–Trinajstić information content (AvgIpc) is 2.18. The summed E-state index contributed by atoms with van der Waals surface area (Å²) in [5.74, 6) is -1.95. The molecule has 0 amide bonds. The van der Waals surface area contributed by atoms with Gasteiger partial charge in [-0.15, -0.1) is 0 Å². The first-order chi connectivity index (χ1) is 7.00. The molecule has 1 saturated carbocycles. The van der Waals surface area contributed by atoms with Crippen LogP contribution in [0.15, 0.2) is 0 Å². The van der Waals surface area contributed by atoms with Crippen molar-refractivity contribution < 1.29 is 19.8 Å². The first-order valence-corrected chi connectivity index (χ1v) is 5.22. The topological polar surface area (TPSA) is 101 Å². The minimum atomic E-state index is -1.01. The number of carboxylic acid groups (broad SMARTS) is 2. The van der Waals surface area contributed by atoms with Crippen LogP contribution in [-0.2, 0) is 9.59 Å². The number of aliphatic carboxylic acids is 2. The van der Waals surface area contributed by atoms with E-state index in [0.717, 1.165) is 12.8 Å². The minimum absolute atomic E-state index is 0.144. The van der Waals surface area contributed by atoms with Crippen molar-refractivity contribution in [1.82, 2.24) is 0 Å². The maximum absolute atomic E-state index is 10.8. The van der Waals surface area contributed by atoms with Crippen LogP contribution in [-0.4, -0.2) is 28.2 Å². The molecule has 86 valence electrons. The van der Waals surface area contributed by atoms with Crippen LogP contribution in [0.3, 0.4) is 0 Å².